The van der Waals surface area contributed by atoms with Crippen LogP contribution in [0.5, 0.6) is 0 Å². The molecule has 3 aromatic rings. The standard InChI is InChI=1S/C19H10Br3N/c20-11-9-16(21)19(17(22)10-11)23-18-14-7-3-1-5-12(14)13-6-2-4-8-15(13)18/h1-10H. The molecular formula is C19H10Br3N. The highest BCUT2D eigenvalue weighted by molar-refractivity contribution is 9.11. The summed E-state index contributed by atoms with van der Waals surface area (Å²) in [4.78, 5) is 4.98. The summed E-state index contributed by atoms with van der Waals surface area (Å²) in [5.74, 6) is 0. The van der Waals surface area contributed by atoms with Crippen molar-refractivity contribution in [3.63, 3.8) is 0 Å². The van der Waals surface area contributed by atoms with E-state index in [1.54, 1.807) is 0 Å². The minimum absolute atomic E-state index is 0.898. The van der Waals surface area contributed by atoms with Crippen LogP contribution in [0.1, 0.15) is 11.1 Å². The Bertz CT molecular complexity index is 890. The molecule has 1 aliphatic rings. The summed E-state index contributed by atoms with van der Waals surface area (Å²) < 4.78 is 2.91. The molecule has 0 bridgehead atoms. The van der Waals surface area contributed by atoms with Gasteiger partial charge in [0.15, 0.2) is 0 Å². The maximum atomic E-state index is 4.98. The van der Waals surface area contributed by atoms with Crippen LogP contribution in [0.4, 0.5) is 5.69 Å². The molecule has 1 aliphatic carbocycles. The Balaban J connectivity index is 2.00. The van der Waals surface area contributed by atoms with Crippen molar-refractivity contribution in [2.75, 3.05) is 0 Å². The van der Waals surface area contributed by atoms with Crippen LogP contribution < -0.4 is 0 Å². The third-order valence-corrected chi connectivity index (χ3v) is 5.53. The smallest absolute Gasteiger partial charge is 0.0922 e. The molecule has 0 amide bonds. The SMILES string of the molecule is Brc1cc(Br)c(N=C2c3ccccc3-c3ccccc32)c(Br)c1. The summed E-state index contributed by atoms with van der Waals surface area (Å²) in [6, 6.07) is 20.9. The van der Waals surface area contributed by atoms with Gasteiger partial charge >= 0.3 is 0 Å². The van der Waals surface area contributed by atoms with Gasteiger partial charge < -0.3 is 0 Å². The lowest BCUT2D eigenvalue weighted by Crippen LogP contribution is -1.97. The highest BCUT2D eigenvalue weighted by Gasteiger charge is 2.24. The van der Waals surface area contributed by atoms with Crippen molar-refractivity contribution in [2.24, 2.45) is 4.99 Å². The minimum atomic E-state index is 0.898. The highest BCUT2D eigenvalue weighted by atomic mass is 79.9. The topological polar surface area (TPSA) is 12.4 Å². The minimum Gasteiger partial charge on any atom is -0.245 e. The van der Waals surface area contributed by atoms with Crippen LogP contribution in [-0.2, 0) is 0 Å². The number of rotatable bonds is 1. The maximum Gasteiger partial charge on any atom is 0.0922 e. The lowest BCUT2D eigenvalue weighted by molar-refractivity contribution is 1.43. The summed E-state index contributed by atoms with van der Waals surface area (Å²) in [5.41, 5.74) is 6.75. The molecule has 0 atom stereocenters. The Morgan fingerprint density at radius 1 is 0.609 bits per heavy atom. The van der Waals surface area contributed by atoms with Crippen molar-refractivity contribution in [3.05, 3.63) is 85.2 Å². The van der Waals surface area contributed by atoms with Gasteiger partial charge in [-0.2, -0.15) is 0 Å². The van der Waals surface area contributed by atoms with Crippen molar-refractivity contribution in [2.45, 2.75) is 0 Å². The Labute approximate surface area is 159 Å². The van der Waals surface area contributed by atoms with Crippen LogP contribution in [0.25, 0.3) is 11.1 Å². The van der Waals surface area contributed by atoms with Crippen molar-refractivity contribution in [1.29, 1.82) is 0 Å². The van der Waals surface area contributed by atoms with Gasteiger partial charge in [0.1, 0.15) is 0 Å². The second-order valence-electron chi connectivity index (χ2n) is 5.27. The third-order valence-electron chi connectivity index (χ3n) is 3.86. The second kappa shape index (κ2) is 6.00. The van der Waals surface area contributed by atoms with Gasteiger partial charge in [0.2, 0.25) is 0 Å². The Morgan fingerprint density at radius 2 is 1.04 bits per heavy atom. The molecule has 3 aromatic carbocycles. The van der Waals surface area contributed by atoms with Gasteiger partial charge in [-0.15, -0.1) is 0 Å². The van der Waals surface area contributed by atoms with Gasteiger partial charge in [0, 0.05) is 24.5 Å². The highest BCUT2D eigenvalue weighted by Crippen LogP contribution is 2.41. The molecule has 4 rings (SSSR count). The lowest BCUT2D eigenvalue weighted by Gasteiger charge is -2.07. The average Bonchev–Trinajstić information content (AvgIpc) is 2.85. The van der Waals surface area contributed by atoms with Crippen LogP contribution >= 0.6 is 47.8 Å². The predicted octanol–water partition coefficient (Wildman–Crippen LogP) is 7.12. The first-order chi connectivity index (χ1) is 11.1. The first-order valence-electron chi connectivity index (χ1n) is 7.07. The van der Waals surface area contributed by atoms with Gasteiger partial charge in [-0.25, -0.2) is 4.99 Å². The van der Waals surface area contributed by atoms with Crippen LogP contribution in [0.3, 0.4) is 0 Å². The molecule has 0 heterocycles. The van der Waals surface area contributed by atoms with E-state index < -0.39 is 0 Å². The zero-order valence-electron chi connectivity index (χ0n) is 11.9. The van der Waals surface area contributed by atoms with Crippen LogP contribution in [-0.4, -0.2) is 5.71 Å². The van der Waals surface area contributed by atoms with E-state index in [1.807, 2.05) is 12.1 Å². The van der Waals surface area contributed by atoms with Gasteiger partial charge in [-0.3, -0.25) is 0 Å². The zero-order valence-corrected chi connectivity index (χ0v) is 16.6. The van der Waals surface area contributed by atoms with E-state index in [9.17, 15) is 0 Å². The molecule has 0 fully saturated rings. The molecule has 0 saturated carbocycles. The Hall–Kier alpha value is -1.23. The van der Waals surface area contributed by atoms with Crippen LogP contribution in [0.2, 0.25) is 0 Å². The first-order valence-corrected chi connectivity index (χ1v) is 9.45. The molecule has 0 aromatic heterocycles. The number of nitrogens with zero attached hydrogens (tertiary/aromatic N) is 1. The van der Waals surface area contributed by atoms with Gasteiger partial charge in [-0.1, -0.05) is 64.5 Å². The summed E-state index contributed by atoms with van der Waals surface area (Å²) >= 11 is 10.7. The van der Waals surface area contributed by atoms with Crippen LogP contribution in [0.15, 0.2) is 79.1 Å². The molecule has 23 heavy (non-hydrogen) atoms. The number of halogens is 3. The van der Waals surface area contributed by atoms with Crippen molar-refractivity contribution >= 4 is 59.2 Å². The molecule has 0 N–H and O–H groups in total. The molecule has 1 nitrogen and oxygen atoms in total. The van der Waals surface area contributed by atoms with E-state index in [-0.39, 0.29) is 0 Å². The number of hydrogen-bond donors (Lipinski definition) is 0. The number of fused-ring (bicyclic) bond motifs is 3. The van der Waals surface area contributed by atoms with Crippen molar-refractivity contribution < 1.29 is 0 Å². The first kappa shape index (κ1) is 15.3. The fourth-order valence-electron chi connectivity index (χ4n) is 2.87. The third kappa shape index (κ3) is 2.63. The lowest BCUT2D eigenvalue weighted by atomic mass is 10.1. The number of hydrogen-bond acceptors (Lipinski definition) is 1. The number of benzene rings is 3. The van der Waals surface area contributed by atoms with E-state index in [0.717, 1.165) is 24.8 Å². The Morgan fingerprint density at radius 3 is 1.52 bits per heavy atom. The molecule has 0 aliphatic heterocycles. The molecule has 0 radical (unpaired) electrons. The molecule has 112 valence electrons. The van der Waals surface area contributed by atoms with E-state index in [1.165, 1.54) is 22.3 Å². The molecule has 0 spiro atoms. The second-order valence-corrected chi connectivity index (χ2v) is 7.89. The van der Waals surface area contributed by atoms with Crippen LogP contribution in [0, 0.1) is 0 Å². The molecule has 0 saturated heterocycles. The summed E-state index contributed by atoms with van der Waals surface area (Å²) in [5, 5.41) is 0. The molecule has 4 heteroatoms. The van der Waals surface area contributed by atoms with Gasteiger partial charge in [0.05, 0.1) is 11.4 Å². The maximum absolute atomic E-state index is 4.98. The normalized spacial score (nSPS) is 12.0. The molecule has 0 unspecified atom stereocenters. The van der Waals surface area contributed by atoms with E-state index >= 15 is 0 Å². The van der Waals surface area contributed by atoms with E-state index in [0.29, 0.717) is 0 Å². The largest absolute Gasteiger partial charge is 0.245 e. The van der Waals surface area contributed by atoms with Crippen molar-refractivity contribution in [1.82, 2.24) is 0 Å². The summed E-state index contributed by atoms with van der Waals surface area (Å²) in [7, 11) is 0. The predicted molar refractivity (Wildman–Crippen MR) is 107 cm³/mol. The zero-order chi connectivity index (χ0) is 16.0. The molecular weight excluding hydrogens is 482 g/mol. The Kier molecular flexibility index (Phi) is 4.00. The average molecular weight is 492 g/mol. The fraction of sp³-hybridized carbons (Fsp3) is 0. The monoisotopic (exact) mass is 489 g/mol. The van der Waals surface area contributed by atoms with Gasteiger partial charge in [-0.05, 0) is 55.1 Å². The van der Waals surface area contributed by atoms with E-state index in [4.69, 9.17) is 4.99 Å². The summed E-state index contributed by atoms with van der Waals surface area (Å²) in [6.07, 6.45) is 0. The summed E-state index contributed by atoms with van der Waals surface area (Å²) in [6.45, 7) is 0. The van der Waals surface area contributed by atoms with Gasteiger partial charge in [0.25, 0.3) is 0 Å². The fourth-order valence-corrected chi connectivity index (χ4v) is 5.30. The van der Waals surface area contributed by atoms with Crippen molar-refractivity contribution in [3.8, 4) is 11.1 Å². The van der Waals surface area contributed by atoms with E-state index in [2.05, 4.69) is 96.3 Å². The number of aliphatic imine (C=N–C) groups is 1. The quantitative estimate of drug-likeness (QED) is 0.269.